The van der Waals surface area contributed by atoms with Crippen LogP contribution in [0.5, 0.6) is 0 Å². The lowest BCUT2D eigenvalue weighted by Crippen LogP contribution is -2.34. The number of hydrogen-bond acceptors (Lipinski definition) is 6. The molecule has 0 saturated carbocycles. The third kappa shape index (κ3) is 3.27. The minimum absolute atomic E-state index is 0.103. The Balaban J connectivity index is 1.47. The first-order chi connectivity index (χ1) is 12.6. The molecule has 1 saturated heterocycles. The molecule has 134 valence electrons. The zero-order valence-electron chi connectivity index (χ0n) is 14.8. The predicted molar refractivity (Wildman–Crippen MR) is 105 cm³/mol. The lowest BCUT2D eigenvalue weighted by atomic mass is 10.1. The van der Waals surface area contributed by atoms with Crippen molar-refractivity contribution in [1.82, 2.24) is 18.5 Å². The highest BCUT2D eigenvalue weighted by Gasteiger charge is 2.27. The fourth-order valence-corrected chi connectivity index (χ4v) is 3.84. The molecule has 26 heavy (non-hydrogen) atoms. The van der Waals surface area contributed by atoms with E-state index >= 15 is 0 Å². The Labute approximate surface area is 156 Å². The topological polar surface area (TPSA) is 61.4 Å². The number of aromatic nitrogens is 2. The first-order valence-corrected chi connectivity index (χ1v) is 9.39. The van der Waals surface area contributed by atoms with E-state index in [4.69, 9.17) is 0 Å². The maximum atomic E-state index is 12.7. The van der Waals surface area contributed by atoms with Crippen LogP contribution in [0.1, 0.15) is 16.8 Å². The van der Waals surface area contributed by atoms with Crippen LogP contribution in [0, 0.1) is 0 Å². The highest BCUT2D eigenvalue weighted by Crippen LogP contribution is 2.25. The van der Waals surface area contributed by atoms with Gasteiger partial charge in [0.15, 0.2) is 0 Å². The Morgan fingerprint density at radius 1 is 1.19 bits per heavy atom. The fourth-order valence-electron chi connectivity index (χ4n) is 3.29. The van der Waals surface area contributed by atoms with Gasteiger partial charge in [0.2, 0.25) is 0 Å². The molecule has 1 fully saturated rings. The van der Waals surface area contributed by atoms with Gasteiger partial charge in [0.1, 0.15) is 11.0 Å². The molecule has 1 amide bonds. The smallest absolute Gasteiger partial charge is 0.253 e. The molecule has 1 atom stereocenters. The number of carbonyl (C=O) groups is 1. The number of nitrogens with zero attached hydrogens (tertiary/aromatic N) is 4. The van der Waals surface area contributed by atoms with Crippen molar-refractivity contribution in [2.75, 3.05) is 32.5 Å². The zero-order chi connectivity index (χ0) is 18.1. The summed E-state index contributed by atoms with van der Waals surface area (Å²) in [5, 5.41) is 3.36. The van der Waals surface area contributed by atoms with Crippen LogP contribution in [0.25, 0.3) is 11.0 Å². The van der Waals surface area contributed by atoms with Crippen molar-refractivity contribution >= 4 is 40.0 Å². The summed E-state index contributed by atoms with van der Waals surface area (Å²) >= 11 is 1.21. The summed E-state index contributed by atoms with van der Waals surface area (Å²) in [5.74, 6) is 0.103. The van der Waals surface area contributed by atoms with Gasteiger partial charge in [-0.25, -0.2) is 0 Å². The van der Waals surface area contributed by atoms with Crippen LogP contribution in [-0.2, 0) is 0 Å². The number of rotatable bonds is 4. The van der Waals surface area contributed by atoms with Crippen LogP contribution in [0.2, 0.25) is 0 Å². The van der Waals surface area contributed by atoms with Crippen molar-refractivity contribution in [3.05, 3.63) is 48.0 Å². The molecule has 6 nitrogen and oxygen atoms in total. The first-order valence-electron chi connectivity index (χ1n) is 8.66. The van der Waals surface area contributed by atoms with Crippen LogP contribution in [0.4, 0.5) is 11.4 Å². The third-order valence-electron chi connectivity index (χ3n) is 4.88. The van der Waals surface area contributed by atoms with E-state index in [9.17, 15) is 4.79 Å². The van der Waals surface area contributed by atoms with Gasteiger partial charge in [0.05, 0.1) is 17.4 Å². The summed E-state index contributed by atoms with van der Waals surface area (Å²) in [5.41, 5.74) is 4.32. The molecule has 0 radical (unpaired) electrons. The molecule has 2 heterocycles. The number of anilines is 2. The minimum Gasteiger partial charge on any atom is -0.354 e. The summed E-state index contributed by atoms with van der Waals surface area (Å²) in [7, 11) is 4.13. The maximum absolute atomic E-state index is 12.7. The lowest BCUT2D eigenvalue weighted by Gasteiger charge is -2.20. The second-order valence-corrected chi connectivity index (χ2v) is 7.33. The van der Waals surface area contributed by atoms with Gasteiger partial charge >= 0.3 is 0 Å². The van der Waals surface area contributed by atoms with Crippen molar-refractivity contribution < 1.29 is 4.79 Å². The average Bonchev–Trinajstić information content (AvgIpc) is 3.32. The first kappa shape index (κ1) is 16.9. The van der Waals surface area contributed by atoms with Gasteiger partial charge in [-0.3, -0.25) is 4.79 Å². The third-order valence-corrected chi connectivity index (χ3v) is 5.42. The van der Waals surface area contributed by atoms with Crippen molar-refractivity contribution in [1.29, 1.82) is 0 Å². The molecule has 1 aliphatic rings. The molecule has 1 aromatic heterocycles. The summed E-state index contributed by atoms with van der Waals surface area (Å²) in [6.45, 7) is 1.62. The number of amides is 1. The van der Waals surface area contributed by atoms with Crippen molar-refractivity contribution in [2.45, 2.75) is 12.5 Å². The molecular weight excluding hydrogens is 346 g/mol. The monoisotopic (exact) mass is 367 g/mol. The van der Waals surface area contributed by atoms with Gasteiger partial charge in [-0.1, -0.05) is 6.07 Å². The van der Waals surface area contributed by atoms with E-state index in [0.717, 1.165) is 47.5 Å². The number of fused-ring (bicyclic) bond motifs is 1. The molecule has 0 aliphatic carbocycles. The Kier molecular flexibility index (Phi) is 4.57. The van der Waals surface area contributed by atoms with Crippen LogP contribution < -0.4 is 5.32 Å². The van der Waals surface area contributed by atoms with Crippen molar-refractivity contribution in [2.24, 2.45) is 0 Å². The van der Waals surface area contributed by atoms with Gasteiger partial charge in [-0.2, -0.15) is 8.75 Å². The quantitative estimate of drug-likeness (QED) is 0.767. The van der Waals surface area contributed by atoms with Crippen LogP contribution in [0.15, 0.2) is 42.5 Å². The van der Waals surface area contributed by atoms with Gasteiger partial charge in [-0.05, 0) is 56.9 Å². The standard InChI is InChI=1S/C19H21N5OS/c1-23(2)15-10-11-24(12-15)19(25)13-6-8-14(9-7-13)20-16-4-3-5-17-18(16)22-26-21-17/h3-9,15,20H,10-12H2,1-2H3/t15-/m1/s1. The summed E-state index contributed by atoms with van der Waals surface area (Å²) in [4.78, 5) is 16.8. The normalized spacial score (nSPS) is 17.2. The molecule has 0 spiro atoms. The Bertz CT molecular complexity index is 921. The molecule has 0 unspecified atom stereocenters. The van der Waals surface area contributed by atoms with Crippen LogP contribution in [-0.4, -0.2) is 57.7 Å². The largest absolute Gasteiger partial charge is 0.354 e. The Morgan fingerprint density at radius 3 is 2.73 bits per heavy atom. The van der Waals surface area contributed by atoms with Crippen LogP contribution >= 0.6 is 11.7 Å². The molecule has 3 aromatic rings. The average molecular weight is 367 g/mol. The minimum atomic E-state index is 0.103. The van der Waals surface area contributed by atoms with E-state index in [1.54, 1.807) is 0 Å². The molecule has 0 bridgehead atoms. The molecular formula is C19H21N5OS. The summed E-state index contributed by atoms with van der Waals surface area (Å²) in [6.07, 6.45) is 1.03. The van der Waals surface area contributed by atoms with E-state index in [2.05, 4.69) is 33.1 Å². The van der Waals surface area contributed by atoms with Gasteiger partial charge in [0.25, 0.3) is 5.91 Å². The number of hydrogen-bond donors (Lipinski definition) is 1. The Hall–Kier alpha value is -2.51. The SMILES string of the molecule is CN(C)[C@@H]1CCN(C(=O)c2ccc(Nc3cccc4nsnc34)cc2)C1. The second-order valence-electron chi connectivity index (χ2n) is 6.80. The fraction of sp³-hybridized carbons (Fsp3) is 0.316. The zero-order valence-corrected chi connectivity index (χ0v) is 15.7. The molecule has 7 heteroatoms. The van der Waals surface area contributed by atoms with Crippen LogP contribution in [0.3, 0.4) is 0 Å². The number of likely N-dealkylation sites (N-methyl/N-ethyl adjacent to an activating group) is 1. The highest BCUT2D eigenvalue weighted by atomic mass is 32.1. The van der Waals surface area contributed by atoms with E-state index in [1.165, 1.54) is 11.7 Å². The summed E-state index contributed by atoms with van der Waals surface area (Å²) < 4.78 is 8.60. The van der Waals surface area contributed by atoms with Crippen molar-refractivity contribution in [3.63, 3.8) is 0 Å². The van der Waals surface area contributed by atoms with Gasteiger partial charge in [0, 0.05) is 30.4 Å². The highest BCUT2D eigenvalue weighted by molar-refractivity contribution is 7.00. The van der Waals surface area contributed by atoms with Gasteiger partial charge < -0.3 is 15.1 Å². The lowest BCUT2D eigenvalue weighted by molar-refractivity contribution is 0.0783. The number of likely N-dealkylation sites (tertiary alicyclic amines) is 1. The summed E-state index contributed by atoms with van der Waals surface area (Å²) in [6, 6.07) is 14.0. The molecule has 1 aliphatic heterocycles. The van der Waals surface area contributed by atoms with E-state index in [-0.39, 0.29) is 5.91 Å². The number of nitrogens with one attached hydrogen (secondary N) is 1. The predicted octanol–water partition coefficient (Wildman–Crippen LogP) is 3.21. The Morgan fingerprint density at radius 2 is 2.00 bits per heavy atom. The van der Waals surface area contributed by atoms with Gasteiger partial charge in [-0.15, -0.1) is 0 Å². The van der Waals surface area contributed by atoms with E-state index in [0.29, 0.717) is 6.04 Å². The molecule has 2 aromatic carbocycles. The molecule has 4 rings (SSSR count). The van der Waals surface area contributed by atoms with Crippen molar-refractivity contribution in [3.8, 4) is 0 Å². The maximum Gasteiger partial charge on any atom is 0.253 e. The van der Waals surface area contributed by atoms with E-state index in [1.807, 2.05) is 47.4 Å². The molecule has 1 N–H and O–H groups in total. The number of carbonyl (C=O) groups excluding carboxylic acids is 1. The van der Waals surface area contributed by atoms with E-state index < -0.39 is 0 Å². The number of benzene rings is 2. The second kappa shape index (κ2) is 7.01.